The van der Waals surface area contributed by atoms with Crippen molar-refractivity contribution in [1.82, 2.24) is 0 Å². The van der Waals surface area contributed by atoms with Crippen molar-refractivity contribution in [3.63, 3.8) is 0 Å². The van der Waals surface area contributed by atoms with Gasteiger partial charge in [0.25, 0.3) is 5.91 Å². The zero-order valence-corrected chi connectivity index (χ0v) is 17.3. The summed E-state index contributed by atoms with van der Waals surface area (Å²) in [6.07, 6.45) is 1.67. The zero-order valence-electron chi connectivity index (χ0n) is 17.3. The van der Waals surface area contributed by atoms with Crippen LogP contribution in [-0.4, -0.2) is 30.8 Å². The molecule has 0 radical (unpaired) electrons. The Morgan fingerprint density at radius 3 is 2.11 bits per heavy atom. The number of carbonyl (C=O) groups excluding carboxylic acids is 2. The summed E-state index contributed by atoms with van der Waals surface area (Å²) in [6.45, 7) is 9.75. The summed E-state index contributed by atoms with van der Waals surface area (Å²) in [5, 5.41) is 3.11. The molecule has 1 heterocycles. The van der Waals surface area contributed by atoms with E-state index in [1.54, 1.807) is 0 Å². The van der Waals surface area contributed by atoms with Crippen LogP contribution in [0.5, 0.6) is 0 Å². The van der Waals surface area contributed by atoms with Crippen LogP contribution in [-0.2, 0) is 4.79 Å². The molecular weight excluding hydrogens is 348 g/mol. The lowest BCUT2D eigenvalue weighted by atomic mass is 9.88. The van der Waals surface area contributed by atoms with Crippen molar-refractivity contribution in [2.45, 2.75) is 46.6 Å². The van der Waals surface area contributed by atoms with E-state index in [9.17, 15) is 9.59 Å². The average Bonchev–Trinajstić information content (AvgIpc) is 2.70. The highest BCUT2D eigenvalue weighted by Crippen LogP contribution is 2.20. The highest BCUT2D eigenvalue weighted by atomic mass is 16.2. The molecular formula is C24H31N2O2+. The van der Waals surface area contributed by atoms with Gasteiger partial charge in [-0.15, -0.1) is 0 Å². The third-order valence-electron chi connectivity index (χ3n) is 6.07. The Morgan fingerprint density at radius 1 is 0.964 bits per heavy atom. The summed E-state index contributed by atoms with van der Waals surface area (Å²) >= 11 is 0. The van der Waals surface area contributed by atoms with Gasteiger partial charge in [-0.1, -0.05) is 48.0 Å². The molecule has 4 heteroatoms. The number of quaternary nitrogens is 1. The number of Topliss-reactive ketones (excluding diaryl/α,β-unsaturated/α-hetero) is 1. The van der Waals surface area contributed by atoms with Gasteiger partial charge < -0.3 is 10.2 Å². The first kappa shape index (κ1) is 20.3. The second-order valence-electron chi connectivity index (χ2n) is 8.14. The molecule has 3 rings (SSSR count). The minimum absolute atomic E-state index is 0.0516. The van der Waals surface area contributed by atoms with Gasteiger partial charge in [0, 0.05) is 30.0 Å². The lowest BCUT2D eigenvalue weighted by Gasteiger charge is -2.32. The van der Waals surface area contributed by atoms with E-state index in [2.05, 4.69) is 5.32 Å². The SMILES string of the molecule is Cc1ccc(C(=O)C2CC[NH+]([C@H](C)C(=O)Nc3c(C)cccc3C)CC2)cc1. The van der Waals surface area contributed by atoms with E-state index >= 15 is 0 Å². The van der Waals surface area contributed by atoms with Crippen LogP contribution in [0.15, 0.2) is 42.5 Å². The van der Waals surface area contributed by atoms with Crippen LogP contribution in [0.1, 0.15) is 46.8 Å². The fourth-order valence-electron chi connectivity index (χ4n) is 4.07. The second kappa shape index (κ2) is 8.70. The number of amides is 1. The molecule has 1 saturated heterocycles. The molecule has 2 aromatic carbocycles. The average molecular weight is 380 g/mol. The largest absolute Gasteiger partial charge is 0.325 e. The van der Waals surface area contributed by atoms with Crippen LogP contribution in [0.25, 0.3) is 0 Å². The Labute approximate surface area is 167 Å². The first-order chi connectivity index (χ1) is 13.4. The third-order valence-corrected chi connectivity index (χ3v) is 6.07. The fourth-order valence-corrected chi connectivity index (χ4v) is 4.07. The highest BCUT2D eigenvalue weighted by molar-refractivity contribution is 5.98. The molecule has 28 heavy (non-hydrogen) atoms. The summed E-state index contributed by atoms with van der Waals surface area (Å²) in [7, 11) is 0. The van der Waals surface area contributed by atoms with Gasteiger partial charge in [-0.25, -0.2) is 0 Å². The van der Waals surface area contributed by atoms with Crippen molar-refractivity contribution in [2.24, 2.45) is 5.92 Å². The molecule has 2 N–H and O–H groups in total. The van der Waals surface area contributed by atoms with Gasteiger partial charge in [-0.05, 0) is 38.8 Å². The van der Waals surface area contributed by atoms with Crippen molar-refractivity contribution >= 4 is 17.4 Å². The number of aryl methyl sites for hydroxylation is 3. The molecule has 0 aliphatic carbocycles. The molecule has 148 valence electrons. The number of rotatable bonds is 5. The minimum atomic E-state index is -0.130. The molecule has 1 atom stereocenters. The Balaban J connectivity index is 1.57. The van der Waals surface area contributed by atoms with E-state index in [1.165, 1.54) is 10.5 Å². The highest BCUT2D eigenvalue weighted by Gasteiger charge is 2.33. The number of para-hydroxylation sites is 1. The molecule has 0 aromatic heterocycles. The van der Waals surface area contributed by atoms with Gasteiger partial charge in [0.05, 0.1) is 13.1 Å². The lowest BCUT2D eigenvalue weighted by Crippen LogP contribution is -3.17. The van der Waals surface area contributed by atoms with E-state index in [-0.39, 0.29) is 23.7 Å². The number of piperidine rings is 1. The summed E-state index contributed by atoms with van der Waals surface area (Å²) in [5.41, 5.74) is 5.05. The first-order valence-corrected chi connectivity index (χ1v) is 10.2. The molecule has 1 aliphatic rings. The number of benzene rings is 2. The van der Waals surface area contributed by atoms with Crippen LogP contribution >= 0.6 is 0 Å². The Kier molecular flexibility index (Phi) is 6.30. The van der Waals surface area contributed by atoms with Gasteiger partial charge in [0.15, 0.2) is 11.8 Å². The third kappa shape index (κ3) is 4.50. The Morgan fingerprint density at radius 2 is 1.54 bits per heavy atom. The smallest absolute Gasteiger partial charge is 0.282 e. The van der Waals surface area contributed by atoms with Crippen molar-refractivity contribution < 1.29 is 14.5 Å². The zero-order chi connectivity index (χ0) is 20.3. The number of hydrogen-bond acceptors (Lipinski definition) is 2. The number of hydrogen-bond donors (Lipinski definition) is 2. The molecule has 1 fully saturated rings. The first-order valence-electron chi connectivity index (χ1n) is 10.2. The van der Waals surface area contributed by atoms with Crippen LogP contribution in [0.4, 0.5) is 5.69 Å². The molecule has 0 saturated carbocycles. The minimum Gasteiger partial charge on any atom is -0.325 e. The summed E-state index contributed by atoms with van der Waals surface area (Å²) < 4.78 is 0. The van der Waals surface area contributed by atoms with E-state index < -0.39 is 0 Å². The van der Waals surface area contributed by atoms with Gasteiger partial charge in [-0.2, -0.15) is 0 Å². The van der Waals surface area contributed by atoms with Crippen molar-refractivity contribution in [2.75, 3.05) is 18.4 Å². The predicted octanol–water partition coefficient (Wildman–Crippen LogP) is 3.12. The lowest BCUT2D eigenvalue weighted by molar-refractivity contribution is -0.919. The molecule has 2 aromatic rings. The fraction of sp³-hybridized carbons (Fsp3) is 0.417. The number of nitrogens with one attached hydrogen (secondary N) is 2. The van der Waals surface area contributed by atoms with Crippen molar-refractivity contribution in [3.05, 3.63) is 64.7 Å². The molecule has 1 amide bonds. The van der Waals surface area contributed by atoms with Gasteiger partial charge in [0.2, 0.25) is 0 Å². The standard InChI is InChI=1S/C24H30N2O2/c1-16-8-10-20(11-9-16)23(27)21-12-14-26(15-13-21)19(4)24(28)25-22-17(2)6-5-7-18(22)3/h5-11,19,21H,12-15H2,1-4H3,(H,25,28)/p+1/t19-/m1/s1. The Bertz CT molecular complexity index is 829. The van der Waals surface area contributed by atoms with Gasteiger partial charge in [-0.3, -0.25) is 9.59 Å². The summed E-state index contributed by atoms with van der Waals surface area (Å²) in [5.74, 6) is 0.364. The summed E-state index contributed by atoms with van der Waals surface area (Å²) in [4.78, 5) is 26.8. The van der Waals surface area contributed by atoms with Gasteiger partial charge in [0.1, 0.15) is 0 Å². The topological polar surface area (TPSA) is 50.6 Å². The second-order valence-corrected chi connectivity index (χ2v) is 8.14. The molecule has 0 spiro atoms. The monoisotopic (exact) mass is 379 g/mol. The maximum absolute atomic E-state index is 12.8. The maximum atomic E-state index is 12.8. The number of ketones is 1. The maximum Gasteiger partial charge on any atom is 0.282 e. The predicted molar refractivity (Wildman–Crippen MR) is 113 cm³/mol. The van der Waals surface area contributed by atoms with Crippen molar-refractivity contribution in [3.8, 4) is 0 Å². The van der Waals surface area contributed by atoms with E-state index in [4.69, 9.17) is 0 Å². The molecule has 1 aliphatic heterocycles. The van der Waals surface area contributed by atoms with Gasteiger partial charge >= 0.3 is 0 Å². The molecule has 0 bridgehead atoms. The molecule has 4 nitrogen and oxygen atoms in total. The van der Waals surface area contributed by atoms with Crippen LogP contribution < -0.4 is 10.2 Å². The number of likely N-dealkylation sites (tertiary alicyclic amines) is 1. The van der Waals surface area contributed by atoms with E-state index in [0.717, 1.165) is 48.3 Å². The van der Waals surface area contributed by atoms with Crippen molar-refractivity contribution in [1.29, 1.82) is 0 Å². The van der Waals surface area contributed by atoms with E-state index in [0.29, 0.717) is 0 Å². The van der Waals surface area contributed by atoms with Crippen LogP contribution in [0, 0.1) is 26.7 Å². The number of anilines is 1. The quantitative estimate of drug-likeness (QED) is 0.785. The molecule has 0 unspecified atom stereocenters. The Hall–Kier alpha value is -2.46. The summed E-state index contributed by atoms with van der Waals surface area (Å²) in [6, 6.07) is 13.8. The number of carbonyl (C=O) groups is 2. The van der Waals surface area contributed by atoms with Crippen LogP contribution in [0.2, 0.25) is 0 Å². The van der Waals surface area contributed by atoms with Crippen LogP contribution in [0.3, 0.4) is 0 Å². The van der Waals surface area contributed by atoms with E-state index in [1.807, 2.05) is 70.2 Å². The normalized spacial score (nSPS) is 20.4.